The van der Waals surface area contributed by atoms with Crippen LogP contribution in [-0.4, -0.2) is 59.5 Å². The second-order valence-electron chi connectivity index (χ2n) is 8.81. The molecule has 3 aromatic carbocycles. The number of hydrogen-bond donors (Lipinski definition) is 4. The Balaban J connectivity index is 1.74. The van der Waals surface area contributed by atoms with E-state index in [0.29, 0.717) is 28.8 Å². The van der Waals surface area contributed by atoms with E-state index in [1.165, 1.54) is 18.2 Å². The predicted molar refractivity (Wildman–Crippen MR) is 148 cm³/mol. The molecule has 0 saturated heterocycles. The molecule has 1 heterocycles. The minimum Gasteiger partial charge on any atom is -0.481 e. The number of nitrogens with two attached hydrogens (primary N) is 1. The van der Waals surface area contributed by atoms with E-state index < -0.39 is 48.9 Å². The van der Waals surface area contributed by atoms with Crippen molar-refractivity contribution in [1.82, 2.24) is 10.6 Å². The Bertz CT molecular complexity index is 1510. The summed E-state index contributed by atoms with van der Waals surface area (Å²) in [5.41, 5.74) is 8.05. The Morgan fingerprint density at radius 2 is 1.77 bits per heavy atom. The van der Waals surface area contributed by atoms with Crippen molar-refractivity contribution >= 4 is 58.7 Å². The summed E-state index contributed by atoms with van der Waals surface area (Å²) in [4.78, 5) is 68.0. The van der Waals surface area contributed by atoms with Crippen LogP contribution < -0.4 is 21.3 Å². The van der Waals surface area contributed by atoms with Crippen LogP contribution in [0.15, 0.2) is 77.8 Å². The zero-order valence-corrected chi connectivity index (χ0v) is 21.7. The number of nitrogens with one attached hydrogen (secondary N) is 2. The van der Waals surface area contributed by atoms with Crippen LogP contribution in [-0.2, 0) is 19.2 Å². The summed E-state index contributed by atoms with van der Waals surface area (Å²) in [6.45, 7) is -0.572. The molecule has 1 aliphatic rings. The van der Waals surface area contributed by atoms with E-state index in [1.54, 1.807) is 48.5 Å². The Kier molecular flexibility index (Phi) is 8.55. The van der Waals surface area contributed by atoms with E-state index in [1.807, 2.05) is 6.07 Å². The number of carbonyl (C=O) groups is 5. The molecule has 1 unspecified atom stereocenters. The number of carboxylic acid groups (broad SMARTS) is 1. The average Bonchev–Trinajstić information content (AvgIpc) is 3.05. The number of fused-ring (bicyclic) bond motifs is 1. The maximum atomic E-state index is 13.9. The minimum absolute atomic E-state index is 0.136. The number of hydrogen-bond acceptors (Lipinski definition) is 7. The van der Waals surface area contributed by atoms with Crippen LogP contribution >= 0.6 is 11.6 Å². The molecule has 3 aromatic rings. The van der Waals surface area contributed by atoms with Crippen molar-refractivity contribution in [1.29, 1.82) is 0 Å². The first-order valence-electron chi connectivity index (χ1n) is 12.0. The molecule has 11 nitrogen and oxygen atoms in total. The number of benzene rings is 3. The smallest absolute Gasteiger partial charge is 0.305 e. The number of aldehydes is 1. The Hall–Kier alpha value is -5.03. The van der Waals surface area contributed by atoms with Crippen LogP contribution in [0.1, 0.15) is 27.9 Å². The van der Waals surface area contributed by atoms with Crippen molar-refractivity contribution in [3.05, 3.63) is 94.5 Å². The third-order valence-electron chi connectivity index (χ3n) is 5.99. The summed E-state index contributed by atoms with van der Waals surface area (Å²) in [7, 11) is 0. The first-order chi connectivity index (χ1) is 19.2. The van der Waals surface area contributed by atoms with Gasteiger partial charge >= 0.3 is 5.97 Å². The lowest BCUT2D eigenvalue weighted by molar-refractivity contribution is -0.138. The van der Waals surface area contributed by atoms with Gasteiger partial charge in [-0.1, -0.05) is 60.1 Å². The Morgan fingerprint density at radius 3 is 2.45 bits per heavy atom. The molecule has 0 radical (unpaired) electrons. The van der Waals surface area contributed by atoms with Crippen LogP contribution in [0.3, 0.4) is 0 Å². The maximum absolute atomic E-state index is 13.9. The molecule has 3 amide bonds. The molecule has 5 N–H and O–H groups in total. The normalized spacial score (nSPS) is 15.2. The molecule has 2 atom stereocenters. The van der Waals surface area contributed by atoms with Crippen molar-refractivity contribution in [2.24, 2.45) is 4.99 Å². The molecule has 1 aliphatic heterocycles. The largest absolute Gasteiger partial charge is 0.481 e. The molecule has 0 spiro atoms. The lowest BCUT2D eigenvalue weighted by Gasteiger charge is -2.25. The summed E-state index contributed by atoms with van der Waals surface area (Å²) in [6, 6.07) is 18.7. The van der Waals surface area contributed by atoms with Gasteiger partial charge in [0.2, 0.25) is 12.1 Å². The molecule has 0 aromatic heterocycles. The molecule has 0 aliphatic carbocycles. The van der Waals surface area contributed by atoms with E-state index in [2.05, 4.69) is 15.6 Å². The fraction of sp³-hybridized carbons (Fsp3) is 0.143. The summed E-state index contributed by atoms with van der Waals surface area (Å²) in [5.74, 6) is -3.45. The predicted octanol–water partition coefficient (Wildman–Crippen LogP) is 2.02. The lowest BCUT2D eigenvalue weighted by atomic mass is 10.0. The van der Waals surface area contributed by atoms with E-state index in [4.69, 9.17) is 22.4 Å². The summed E-state index contributed by atoms with van der Waals surface area (Å²) in [6.07, 6.45) is -1.77. The van der Waals surface area contributed by atoms with Gasteiger partial charge in [0.1, 0.15) is 12.8 Å². The second kappa shape index (κ2) is 12.2. The third kappa shape index (κ3) is 6.33. The molecule has 12 heteroatoms. The van der Waals surface area contributed by atoms with Crippen molar-refractivity contribution in [3.8, 4) is 0 Å². The van der Waals surface area contributed by atoms with Crippen LogP contribution in [0.25, 0.3) is 0 Å². The Labute approximate surface area is 233 Å². The minimum atomic E-state index is -1.46. The van der Waals surface area contributed by atoms with Gasteiger partial charge in [-0.3, -0.25) is 24.1 Å². The quantitative estimate of drug-likeness (QED) is 0.228. The van der Waals surface area contributed by atoms with Crippen molar-refractivity contribution in [3.63, 3.8) is 0 Å². The van der Waals surface area contributed by atoms with Crippen molar-refractivity contribution < 1.29 is 29.1 Å². The number of rotatable bonds is 9. The van der Waals surface area contributed by atoms with E-state index in [9.17, 15) is 24.0 Å². The van der Waals surface area contributed by atoms with Gasteiger partial charge in [0.15, 0.2) is 0 Å². The number of carbonyl (C=O) groups excluding carboxylic acids is 4. The maximum Gasteiger partial charge on any atom is 0.305 e. The van der Waals surface area contributed by atoms with Gasteiger partial charge in [-0.15, -0.1) is 0 Å². The van der Waals surface area contributed by atoms with Crippen molar-refractivity contribution in [2.75, 3.05) is 17.2 Å². The fourth-order valence-corrected chi connectivity index (χ4v) is 4.29. The number of carboxylic acids is 1. The number of aliphatic carboxylic acids is 1. The molecule has 40 heavy (non-hydrogen) atoms. The number of para-hydroxylation sites is 1. The summed E-state index contributed by atoms with van der Waals surface area (Å²) >= 11 is 6.07. The fourth-order valence-electron chi connectivity index (χ4n) is 4.11. The van der Waals surface area contributed by atoms with E-state index >= 15 is 0 Å². The Morgan fingerprint density at radius 1 is 1.07 bits per heavy atom. The summed E-state index contributed by atoms with van der Waals surface area (Å²) < 4.78 is 0. The van der Waals surface area contributed by atoms with Crippen LogP contribution in [0.5, 0.6) is 0 Å². The van der Waals surface area contributed by atoms with Gasteiger partial charge in [-0.25, -0.2) is 4.99 Å². The van der Waals surface area contributed by atoms with Crippen LogP contribution in [0.4, 0.5) is 11.4 Å². The third-order valence-corrected chi connectivity index (χ3v) is 6.32. The lowest BCUT2D eigenvalue weighted by Crippen LogP contribution is -2.51. The highest BCUT2D eigenvalue weighted by Gasteiger charge is 2.34. The summed E-state index contributed by atoms with van der Waals surface area (Å²) in [5, 5.41) is 14.1. The SMILES string of the molecule is Nc1ccc(C(=O)NC2N=C(c3ccccc3)c3ccccc3N(CC(=O)N[C@H](C=O)CC(=O)O)C2=O)cc1Cl. The number of nitrogen functional groups attached to an aromatic ring is 1. The standard InChI is InChI=1S/C28H24ClN5O6/c29-20-12-17(10-11-21(20)30)27(39)33-26-28(40)34(14-23(36)31-18(15-35)13-24(37)38)22-9-5-4-8-19(22)25(32-26)16-6-2-1-3-7-16/h1-12,15,18,26H,13-14,30H2,(H,31,36)(H,33,39)(H,37,38)/t18-,26?/m0/s1. The van der Waals surface area contributed by atoms with Gasteiger partial charge in [-0.05, 0) is 24.3 Å². The van der Waals surface area contributed by atoms with Crippen LogP contribution in [0, 0.1) is 0 Å². The molecular formula is C28H24ClN5O6. The zero-order chi connectivity index (χ0) is 28.8. The van der Waals surface area contributed by atoms with Gasteiger partial charge in [0, 0.05) is 16.7 Å². The van der Waals surface area contributed by atoms with Gasteiger partial charge in [0.05, 0.1) is 34.6 Å². The van der Waals surface area contributed by atoms with Crippen molar-refractivity contribution in [2.45, 2.75) is 18.6 Å². The molecule has 0 bridgehead atoms. The highest BCUT2D eigenvalue weighted by atomic mass is 35.5. The number of amides is 3. The average molecular weight is 562 g/mol. The molecular weight excluding hydrogens is 538 g/mol. The number of benzodiazepines with no additional fused rings is 1. The molecule has 204 valence electrons. The van der Waals surface area contributed by atoms with Crippen LogP contribution in [0.2, 0.25) is 5.02 Å². The molecule has 0 saturated carbocycles. The first kappa shape index (κ1) is 28.0. The topological polar surface area (TPSA) is 171 Å². The highest BCUT2D eigenvalue weighted by molar-refractivity contribution is 6.33. The number of halogens is 1. The zero-order valence-electron chi connectivity index (χ0n) is 20.9. The highest BCUT2D eigenvalue weighted by Crippen LogP contribution is 2.28. The first-order valence-corrected chi connectivity index (χ1v) is 12.4. The van der Waals surface area contributed by atoms with Gasteiger partial charge < -0.3 is 26.3 Å². The number of nitrogens with zero attached hydrogens (tertiary/aromatic N) is 2. The molecule has 4 rings (SSSR count). The molecule has 0 fully saturated rings. The number of aliphatic imine (C=N–C) groups is 1. The number of anilines is 2. The monoisotopic (exact) mass is 561 g/mol. The van der Waals surface area contributed by atoms with E-state index in [0.717, 1.165) is 4.90 Å². The second-order valence-corrected chi connectivity index (χ2v) is 9.21. The van der Waals surface area contributed by atoms with Gasteiger partial charge in [0.25, 0.3) is 11.8 Å². The van der Waals surface area contributed by atoms with Gasteiger partial charge in [-0.2, -0.15) is 0 Å². The van der Waals surface area contributed by atoms with E-state index in [-0.39, 0.29) is 16.3 Å².